The third kappa shape index (κ3) is 2.67. The summed E-state index contributed by atoms with van der Waals surface area (Å²) in [5.74, 6) is 0. The lowest BCUT2D eigenvalue weighted by atomic mass is 10.2. The molecule has 1 fully saturated rings. The maximum absolute atomic E-state index is 5.87. The van der Waals surface area contributed by atoms with Crippen LogP contribution in [0.2, 0.25) is 0 Å². The van der Waals surface area contributed by atoms with Crippen molar-refractivity contribution in [2.45, 2.75) is 6.54 Å². The van der Waals surface area contributed by atoms with Crippen molar-refractivity contribution in [3.8, 4) is 0 Å². The molecule has 4 nitrogen and oxygen atoms in total. The van der Waals surface area contributed by atoms with Crippen LogP contribution in [0, 0.1) is 0 Å². The predicted molar refractivity (Wildman–Crippen MR) is 61.4 cm³/mol. The highest BCUT2D eigenvalue weighted by molar-refractivity contribution is 5.43. The second-order valence-corrected chi connectivity index (χ2v) is 4.15. The molecule has 2 rings (SSSR count). The zero-order chi connectivity index (χ0) is 10.7. The fraction of sp³-hybridized carbons (Fsp3) is 0.545. The van der Waals surface area contributed by atoms with E-state index >= 15 is 0 Å². The van der Waals surface area contributed by atoms with Gasteiger partial charge in [-0.15, -0.1) is 0 Å². The molecule has 0 unspecified atom stereocenters. The molecule has 1 aliphatic heterocycles. The van der Waals surface area contributed by atoms with E-state index in [1.807, 2.05) is 12.3 Å². The van der Waals surface area contributed by atoms with E-state index in [1.54, 1.807) is 6.20 Å². The number of nitrogens with two attached hydrogens (primary N) is 1. The largest absolute Gasteiger partial charge is 0.397 e. The number of hydrogen-bond donors (Lipinski definition) is 1. The molecule has 2 N–H and O–H groups in total. The number of pyridine rings is 1. The molecule has 0 radical (unpaired) electrons. The summed E-state index contributed by atoms with van der Waals surface area (Å²) in [6.45, 7) is 5.48. The molecule has 0 spiro atoms. The van der Waals surface area contributed by atoms with Crippen LogP contribution < -0.4 is 5.73 Å². The molecule has 15 heavy (non-hydrogen) atoms. The normalized spacial score (nSPS) is 19.3. The van der Waals surface area contributed by atoms with Crippen molar-refractivity contribution in [2.24, 2.45) is 0 Å². The number of nitrogens with zero attached hydrogens (tertiary/aromatic N) is 3. The molecular formula is C11H18N4. The van der Waals surface area contributed by atoms with E-state index in [1.165, 1.54) is 5.56 Å². The summed E-state index contributed by atoms with van der Waals surface area (Å²) >= 11 is 0. The van der Waals surface area contributed by atoms with Crippen LogP contribution in [0.3, 0.4) is 0 Å². The fourth-order valence-electron chi connectivity index (χ4n) is 1.83. The SMILES string of the molecule is CN1CCN(Cc2ccncc2N)CC1. The van der Waals surface area contributed by atoms with E-state index in [4.69, 9.17) is 5.73 Å². The van der Waals surface area contributed by atoms with Gasteiger partial charge in [0.2, 0.25) is 0 Å². The van der Waals surface area contributed by atoms with Gasteiger partial charge in [0.15, 0.2) is 0 Å². The lowest BCUT2D eigenvalue weighted by Gasteiger charge is -2.32. The monoisotopic (exact) mass is 206 g/mol. The number of aromatic nitrogens is 1. The van der Waals surface area contributed by atoms with Gasteiger partial charge in [-0.2, -0.15) is 0 Å². The molecule has 82 valence electrons. The average Bonchev–Trinajstić information content (AvgIpc) is 2.25. The highest BCUT2D eigenvalue weighted by Crippen LogP contribution is 2.12. The topological polar surface area (TPSA) is 45.4 Å². The Morgan fingerprint density at radius 3 is 2.73 bits per heavy atom. The summed E-state index contributed by atoms with van der Waals surface area (Å²) < 4.78 is 0. The van der Waals surface area contributed by atoms with Gasteiger partial charge in [0.05, 0.1) is 11.9 Å². The van der Waals surface area contributed by atoms with E-state index < -0.39 is 0 Å². The lowest BCUT2D eigenvalue weighted by molar-refractivity contribution is 0.148. The molecule has 1 aliphatic rings. The zero-order valence-electron chi connectivity index (χ0n) is 9.19. The summed E-state index contributed by atoms with van der Waals surface area (Å²) in [5.41, 5.74) is 7.86. The summed E-state index contributed by atoms with van der Waals surface area (Å²) in [6, 6.07) is 2.01. The van der Waals surface area contributed by atoms with Crippen molar-refractivity contribution in [1.82, 2.24) is 14.8 Å². The highest BCUT2D eigenvalue weighted by Gasteiger charge is 2.14. The Morgan fingerprint density at radius 1 is 1.33 bits per heavy atom. The van der Waals surface area contributed by atoms with Gasteiger partial charge in [-0.3, -0.25) is 9.88 Å². The average molecular weight is 206 g/mol. The van der Waals surface area contributed by atoms with Crippen LogP contribution in [-0.4, -0.2) is 48.0 Å². The summed E-state index contributed by atoms with van der Waals surface area (Å²) in [5, 5.41) is 0. The number of likely N-dealkylation sites (N-methyl/N-ethyl adjacent to an activating group) is 1. The van der Waals surface area contributed by atoms with Gasteiger partial charge in [-0.05, 0) is 18.7 Å². The van der Waals surface area contributed by atoms with Gasteiger partial charge in [-0.25, -0.2) is 0 Å². The second kappa shape index (κ2) is 4.59. The minimum atomic E-state index is 0.802. The minimum absolute atomic E-state index is 0.802. The number of anilines is 1. The van der Waals surface area contributed by atoms with E-state index in [9.17, 15) is 0 Å². The lowest BCUT2D eigenvalue weighted by Crippen LogP contribution is -2.43. The Bertz CT molecular complexity index is 318. The van der Waals surface area contributed by atoms with Crippen molar-refractivity contribution in [2.75, 3.05) is 39.0 Å². The zero-order valence-corrected chi connectivity index (χ0v) is 9.19. The van der Waals surface area contributed by atoms with Crippen molar-refractivity contribution in [3.63, 3.8) is 0 Å². The van der Waals surface area contributed by atoms with Crippen LogP contribution in [0.25, 0.3) is 0 Å². The molecule has 0 aromatic carbocycles. The number of hydrogen-bond acceptors (Lipinski definition) is 4. The molecule has 1 aromatic heterocycles. The maximum atomic E-state index is 5.87. The molecule has 0 atom stereocenters. The first-order valence-corrected chi connectivity index (χ1v) is 5.35. The van der Waals surface area contributed by atoms with Crippen LogP contribution in [-0.2, 0) is 6.54 Å². The van der Waals surface area contributed by atoms with Gasteiger partial charge in [-0.1, -0.05) is 0 Å². The second-order valence-electron chi connectivity index (χ2n) is 4.15. The Hall–Kier alpha value is -1.13. The van der Waals surface area contributed by atoms with Crippen LogP contribution in [0.15, 0.2) is 18.5 Å². The highest BCUT2D eigenvalue weighted by atomic mass is 15.2. The van der Waals surface area contributed by atoms with Crippen molar-refractivity contribution >= 4 is 5.69 Å². The molecule has 0 amide bonds. The number of rotatable bonds is 2. The third-order valence-corrected chi connectivity index (χ3v) is 2.94. The van der Waals surface area contributed by atoms with E-state index in [-0.39, 0.29) is 0 Å². The molecule has 0 saturated carbocycles. The first-order valence-electron chi connectivity index (χ1n) is 5.35. The smallest absolute Gasteiger partial charge is 0.0546 e. The Balaban J connectivity index is 1.95. The Morgan fingerprint density at radius 2 is 2.07 bits per heavy atom. The molecular weight excluding hydrogens is 188 g/mol. The van der Waals surface area contributed by atoms with Crippen molar-refractivity contribution in [3.05, 3.63) is 24.0 Å². The quantitative estimate of drug-likeness (QED) is 0.761. The van der Waals surface area contributed by atoms with Gasteiger partial charge < -0.3 is 10.6 Å². The third-order valence-electron chi connectivity index (χ3n) is 2.94. The van der Waals surface area contributed by atoms with Gasteiger partial charge in [0.1, 0.15) is 0 Å². The van der Waals surface area contributed by atoms with E-state index in [0.717, 1.165) is 38.4 Å². The summed E-state index contributed by atoms with van der Waals surface area (Å²) in [4.78, 5) is 8.79. The maximum Gasteiger partial charge on any atom is 0.0546 e. The Kier molecular flexibility index (Phi) is 3.18. The summed E-state index contributed by atoms with van der Waals surface area (Å²) in [7, 11) is 2.16. The van der Waals surface area contributed by atoms with Crippen LogP contribution in [0.5, 0.6) is 0 Å². The van der Waals surface area contributed by atoms with E-state index in [2.05, 4.69) is 21.8 Å². The number of nitrogen functional groups attached to an aromatic ring is 1. The molecule has 0 aliphatic carbocycles. The molecule has 0 bridgehead atoms. The van der Waals surface area contributed by atoms with Gasteiger partial charge >= 0.3 is 0 Å². The minimum Gasteiger partial charge on any atom is -0.397 e. The Labute approximate surface area is 90.7 Å². The van der Waals surface area contributed by atoms with Crippen LogP contribution >= 0.6 is 0 Å². The van der Waals surface area contributed by atoms with Gasteiger partial charge in [0, 0.05) is 38.9 Å². The number of piperazine rings is 1. The first kappa shape index (κ1) is 10.4. The van der Waals surface area contributed by atoms with Crippen LogP contribution in [0.1, 0.15) is 5.56 Å². The van der Waals surface area contributed by atoms with E-state index in [0.29, 0.717) is 0 Å². The molecule has 2 heterocycles. The summed E-state index contributed by atoms with van der Waals surface area (Å²) in [6.07, 6.45) is 3.53. The van der Waals surface area contributed by atoms with Crippen molar-refractivity contribution < 1.29 is 0 Å². The standard InChI is InChI=1S/C11H18N4/c1-14-4-6-15(7-5-14)9-10-2-3-13-8-11(10)12/h2-3,8H,4-7,9,12H2,1H3. The first-order chi connectivity index (χ1) is 7.25. The van der Waals surface area contributed by atoms with Crippen molar-refractivity contribution in [1.29, 1.82) is 0 Å². The predicted octanol–water partition coefficient (Wildman–Crippen LogP) is 0.411. The van der Waals surface area contributed by atoms with Crippen LogP contribution in [0.4, 0.5) is 5.69 Å². The fourth-order valence-corrected chi connectivity index (χ4v) is 1.83. The molecule has 1 aromatic rings. The molecule has 4 heteroatoms. The van der Waals surface area contributed by atoms with Gasteiger partial charge in [0.25, 0.3) is 0 Å². The molecule has 1 saturated heterocycles.